The van der Waals surface area contributed by atoms with E-state index in [0.29, 0.717) is 12.5 Å². The normalized spacial score (nSPS) is 23.9. The molecule has 0 radical (unpaired) electrons. The lowest BCUT2D eigenvalue weighted by Crippen LogP contribution is -2.21. The van der Waals surface area contributed by atoms with Crippen molar-refractivity contribution in [1.82, 2.24) is 0 Å². The van der Waals surface area contributed by atoms with E-state index in [9.17, 15) is 4.79 Å². The molecule has 0 aromatic heterocycles. The van der Waals surface area contributed by atoms with Crippen molar-refractivity contribution in [2.75, 3.05) is 6.61 Å². The SMILES string of the molecule is CC(C)C(=S)C1CCOC1=O. The van der Waals surface area contributed by atoms with E-state index in [-0.39, 0.29) is 11.9 Å². The second-order valence-electron chi connectivity index (χ2n) is 3.07. The van der Waals surface area contributed by atoms with Crippen LogP contribution in [-0.4, -0.2) is 17.4 Å². The third kappa shape index (κ3) is 1.77. The van der Waals surface area contributed by atoms with Gasteiger partial charge in [0.25, 0.3) is 0 Å². The third-order valence-electron chi connectivity index (χ3n) is 1.85. The summed E-state index contributed by atoms with van der Waals surface area (Å²) in [6, 6.07) is 0. The fraction of sp³-hybridized carbons (Fsp3) is 0.750. The van der Waals surface area contributed by atoms with Crippen molar-refractivity contribution >= 4 is 23.1 Å². The van der Waals surface area contributed by atoms with E-state index in [0.717, 1.165) is 11.3 Å². The fourth-order valence-corrected chi connectivity index (χ4v) is 1.37. The number of hydrogen-bond acceptors (Lipinski definition) is 3. The molecule has 1 unspecified atom stereocenters. The molecule has 0 aromatic carbocycles. The average molecular weight is 172 g/mol. The molecule has 1 heterocycles. The standard InChI is InChI=1S/C8H12O2S/c1-5(2)7(11)6-3-4-10-8(6)9/h5-6H,3-4H2,1-2H3. The summed E-state index contributed by atoms with van der Waals surface area (Å²) in [6.07, 6.45) is 0.774. The predicted octanol–water partition coefficient (Wildman–Crippen LogP) is 1.58. The van der Waals surface area contributed by atoms with E-state index >= 15 is 0 Å². The third-order valence-corrected chi connectivity index (χ3v) is 2.60. The van der Waals surface area contributed by atoms with E-state index in [2.05, 4.69) is 0 Å². The Morgan fingerprint density at radius 1 is 1.73 bits per heavy atom. The fourth-order valence-electron chi connectivity index (χ4n) is 1.16. The lowest BCUT2D eigenvalue weighted by atomic mass is 9.96. The van der Waals surface area contributed by atoms with Crippen molar-refractivity contribution in [3.63, 3.8) is 0 Å². The van der Waals surface area contributed by atoms with Crippen LogP contribution in [0.25, 0.3) is 0 Å². The van der Waals surface area contributed by atoms with Gasteiger partial charge in [-0.15, -0.1) is 0 Å². The monoisotopic (exact) mass is 172 g/mol. The van der Waals surface area contributed by atoms with Crippen molar-refractivity contribution in [2.45, 2.75) is 20.3 Å². The molecule has 0 spiro atoms. The van der Waals surface area contributed by atoms with Gasteiger partial charge < -0.3 is 4.74 Å². The topological polar surface area (TPSA) is 26.3 Å². The lowest BCUT2D eigenvalue weighted by molar-refractivity contribution is -0.139. The molecule has 2 nitrogen and oxygen atoms in total. The predicted molar refractivity (Wildman–Crippen MR) is 46.5 cm³/mol. The highest BCUT2D eigenvalue weighted by atomic mass is 32.1. The van der Waals surface area contributed by atoms with Gasteiger partial charge in [-0.2, -0.15) is 0 Å². The van der Waals surface area contributed by atoms with Gasteiger partial charge in [-0.05, 0) is 12.3 Å². The highest BCUT2D eigenvalue weighted by Gasteiger charge is 2.31. The van der Waals surface area contributed by atoms with Gasteiger partial charge >= 0.3 is 5.97 Å². The summed E-state index contributed by atoms with van der Waals surface area (Å²) in [5.41, 5.74) is 0. The summed E-state index contributed by atoms with van der Waals surface area (Å²) in [5, 5.41) is 0. The molecule has 0 saturated carbocycles. The summed E-state index contributed by atoms with van der Waals surface area (Å²) in [5.74, 6) is 0.0642. The Morgan fingerprint density at radius 3 is 2.73 bits per heavy atom. The van der Waals surface area contributed by atoms with Gasteiger partial charge in [0.15, 0.2) is 0 Å². The summed E-state index contributed by atoms with van der Waals surface area (Å²) >= 11 is 5.11. The minimum Gasteiger partial charge on any atom is -0.465 e. The first-order valence-electron chi connectivity index (χ1n) is 3.83. The van der Waals surface area contributed by atoms with Gasteiger partial charge in [-0.25, -0.2) is 0 Å². The number of carbonyl (C=O) groups excluding carboxylic acids is 1. The van der Waals surface area contributed by atoms with Gasteiger partial charge in [0, 0.05) is 4.86 Å². The average Bonchev–Trinajstić information content (AvgIpc) is 2.33. The Bertz CT molecular complexity index is 187. The first-order valence-corrected chi connectivity index (χ1v) is 4.24. The van der Waals surface area contributed by atoms with Crippen LogP contribution in [0.4, 0.5) is 0 Å². The molecule has 1 fully saturated rings. The van der Waals surface area contributed by atoms with Crippen LogP contribution in [0, 0.1) is 11.8 Å². The summed E-state index contributed by atoms with van der Waals surface area (Å²) in [4.78, 5) is 11.9. The van der Waals surface area contributed by atoms with Gasteiger partial charge in [0.05, 0.1) is 12.5 Å². The largest absolute Gasteiger partial charge is 0.465 e. The molecule has 3 heteroatoms. The van der Waals surface area contributed by atoms with Crippen LogP contribution in [0.2, 0.25) is 0 Å². The van der Waals surface area contributed by atoms with Gasteiger partial charge in [-0.3, -0.25) is 4.79 Å². The van der Waals surface area contributed by atoms with Crippen LogP contribution in [0.1, 0.15) is 20.3 Å². The van der Waals surface area contributed by atoms with Crippen LogP contribution in [0.5, 0.6) is 0 Å². The summed E-state index contributed by atoms with van der Waals surface area (Å²) in [6.45, 7) is 4.55. The van der Waals surface area contributed by atoms with E-state index in [1.54, 1.807) is 0 Å². The van der Waals surface area contributed by atoms with Crippen molar-refractivity contribution in [1.29, 1.82) is 0 Å². The molecule has 0 amide bonds. The number of cyclic esters (lactones) is 1. The zero-order valence-electron chi connectivity index (χ0n) is 6.79. The molecule has 0 aromatic rings. The minimum absolute atomic E-state index is 0.106. The molecule has 1 rings (SSSR count). The van der Waals surface area contributed by atoms with Crippen LogP contribution < -0.4 is 0 Å². The van der Waals surface area contributed by atoms with E-state index in [4.69, 9.17) is 17.0 Å². The van der Waals surface area contributed by atoms with Crippen molar-refractivity contribution in [2.24, 2.45) is 11.8 Å². The molecular formula is C8H12O2S. The van der Waals surface area contributed by atoms with Gasteiger partial charge in [-0.1, -0.05) is 26.1 Å². The first-order chi connectivity index (χ1) is 5.13. The highest BCUT2D eigenvalue weighted by molar-refractivity contribution is 7.80. The zero-order valence-corrected chi connectivity index (χ0v) is 7.61. The molecule has 1 saturated heterocycles. The highest BCUT2D eigenvalue weighted by Crippen LogP contribution is 2.20. The first kappa shape index (κ1) is 8.65. The Balaban J connectivity index is 2.60. The van der Waals surface area contributed by atoms with Crippen molar-refractivity contribution in [3.8, 4) is 0 Å². The maximum absolute atomic E-state index is 11.0. The Labute approximate surface area is 71.9 Å². The smallest absolute Gasteiger partial charge is 0.314 e. The number of rotatable bonds is 2. The van der Waals surface area contributed by atoms with Crippen LogP contribution in [0.3, 0.4) is 0 Å². The maximum Gasteiger partial charge on any atom is 0.314 e. The molecule has 0 bridgehead atoms. The maximum atomic E-state index is 11.0. The Kier molecular flexibility index (Phi) is 2.60. The number of ether oxygens (including phenoxy) is 1. The molecule has 11 heavy (non-hydrogen) atoms. The number of hydrogen-bond donors (Lipinski definition) is 0. The molecular weight excluding hydrogens is 160 g/mol. The van der Waals surface area contributed by atoms with Crippen LogP contribution in [-0.2, 0) is 9.53 Å². The minimum atomic E-state index is -0.135. The molecule has 0 N–H and O–H groups in total. The summed E-state index contributed by atoms with van der Waals surface area (Å²) in [7, 11) is 0. The van der Waals surface area contributed by atoms with Gasteiger partial charge in [0.1, 0.15) is 0 Å². The zero-order chi connectivity index (χ0) is 8.43. The Hall–Kier alpha value is -0.440. The number of thiocarbonyl (C=S) groups is 1. The van der Waals surface area contributed by atoms with E-state index < -0.39 is 0 Å². The van der Waals surface area contributed by atoms with Crippen molar-refractivity contribution < 1.29 is 9.53 Å². The lowest BCUT2D eigenvalue weighted by Gasteiger charge is -2.10. The second kappa shape index (κ2) is 3.30. The van der Waals surface area contributed by atoms with Crippen LogP contribution >= 0.6 is 12.2 Å². The number of carbonyl (C=O) groups is 1. The van der Waals surface area contributed by atoms with Crippen molar-refractivity contribution in [3.05, 3.63) is 0 Å². The number of esters is 1. The van der Waals surface area contributed by atoms with Gasteiger partial charge in [0.2, 0.25) is 0 Å². The molecule has 1 aliphatic rings. The van der Waals surface area contributed by atoms with Crippen LogP contribution in [0.15, 0.2) is 0 Å². The summed E-state index contributed by atoms with van der Waals surface area (Å²) < 4.78 is 4.81. The Morgan fingerprint density at radius 2 is 2.36 bits per heavy atom. The molecule has 62 valence electrons. The van der Waals surface area contributed by atoms with E-state index in [1.165, 1.54) is 0 Å². The molecule has 0 aliphatic carbocycles. The quantitative estimate of drug-likeness (QED) is 0.467. The molecule has 1 aliphatic heterocycles. The second-order valence-corrected chi connectivity index (χ2v) is 3.54. The molecule has 1 atom stereocenters. The van der Waals surface area contributed by atoms with E-state index in [1.807, 2.05) is 13.8 Å².